The average molecular weight is 1330 g/mol. The summed E-state index contributed by atoms with van der Waals surface area (Å²) in [5.41, 5.74) is 8.15. The number of hydrogen-bond donors (Lipinski definition) is 16. The molecule has 29 nitrogen and oxygen atoms in total. The van der Waals surface area contributed by atoms with Crippen LogP contribution in [0.1, 0.15) is 114 Å². The van der Waals surface area contributed by atoms with Crippen LogP contribution in [0.2, 0.25) is 0 Å². The Morgan fingerprint density at radius 2 is 0.747 bits per heavy atom. The number of halogens is 2. The molecule has 0 aromatic carbocycles. The van der Waals surface area contributed by atoms with E-state index >= 15 is 0 Å². The molecule has 0 bridgehead atoms. The quantitative estimate of drug-likeness (QED) is 0.0512. The second kappa shape index (κ2) is 47.5. The Morgan fingerprint density at radius 3 is 0.945 bits per heavy atom. The van der Waals surface area contributed by atoms with Crippen molar-refractivity contribution >= 4 is 0 Å². The molecule has 8 fully saturated rings. The van der Waals surface area contributed by atoms with E-state index < -0.39 is 79.5 Å². The SMILES string of the molecule is C[C@@H]1C=C[C@H](CO)O1.C[C@@H]1CC[C@H](CO)O1.C[C@@H]1O[C@H](CO)[C@@H](O)[C@@H]1O.C[C@@H]1O[C@H](CO)[C@@H](O)[C@H]1F.C[C@@H]1O[C@H](CO)[C@@H](O)[C@H]1O.C[C@H]1C=C[C@@H](CO)O1.C[C@H]1CC[C@@H](CO)O1.C[C@H]1C[C@H](F)[C@@H](CO)O1.C[C@H]1C[C@H](N=[N+]=[N-])[C@@H](CO)O1.C[C@H]1C[C@H](O)[C@@H](CO)O1. The van der Waals surface area contributed by atoms with Crippen LogP contribution in [0.5, 0.6) is 0 Å². The first-order chi connectivity index (χ1) is 43.0. The fourth-order valence-corrected chi connectivity index (χ4v) is 10.2. The second-order valence-electron chi connectivity index (χ2n) is 23.7. The minimum absolute atomic E-state index is 0.0304. The van der Waals surface area contributed by atoms with Gasteiger partial charge in [0.2, 0.25) is 0 Å². The molecule has 538 valence electrons. The number of nitrogens with zero attached hydrogens (tertiary/aromatic N) is 3. The molecule has 91 heavy (non-hydrogen) atoms. The highest BCUT2D eigenvalue weighted by Crippen LogP contribution is 2.26. The van der Waals surface area contributed by atoms with Crippen LogP contribution in [0.15, 0.2) is 29.4 Å². The Morgan fingerprint density at radius 1 is 0.374 bits per heavy atom. The number of rotatable bonds is 11. The lowest BCUT2D eigenvalue weighted by molar-refractivity contribution is -0.0171. The number of hydrogen-bond acceptors (Lipinski definition) is 27. The fraction of sp³-hybridized carbons (Fsp3) is 0.933. The van der Waals surface area contributed by atoms with Gasteiger partial charge in [0.05, 0.1) is 170 Å². The maximum Gasteiger partial charge on any atom is 0.154 e. The van der Waals surface area contributed by atoms with Gasteiger partial charge in [-0.25, -0.2) is 8.78 Å². The molecule has 0 aromatic rings. The van der Waals surface area contributed by atoms with Crippen molar-refractivity contribution in [2.24, 2.45) is 5.11 Å². The van der Waals surface area contributed by atoms with E-state index in [0.717, 1.165) is 25.7 Å². The maximum absolute atomic E-state index is 12.7. The molecule has 10 aliphatic rings. The molecule has 0 spiro atoms. The summed E-state index contributed by atoms with van der Waals surface area (Å²) in [5, 5.41) is 144. The van der Waals surface area contributed by atoms with E-state index in [1.54, 1.807) is 13.8 Å². The van der Waals surface area contributed by atoms with Crippen molar-refractivity contribution in [2.45, 2.75) is 291 Å². The van der Waals surface area contributed by atoms with Crippen LogP contribution in [0, 0.1) is 0 Å². The molecular formula is C60H113F2N3O26. The minimum Gasteiger partial charge on any atom is -0.394 e. The fourth-order valence-electron chi connectivity index (χ4n) is 10.2. The van der Waals surface area contributed by atoms with Gasteiger partial charge in [0.1, 0.15) is 67.2 Å². The third-order valence-corrected chi connectivity index (χ3v) is 15.6. The first kappa shape index (κ1) is 86.6. The standard InChI is InChI=1S/C6H11FO3.C6H11FO2.C6H11N3O2.2C6H12O4.C6H12O3.2C6H12O2.2C6H10O2/c1-3-5(7)6(9)4(2-8)10-3;1-4-2-5(7)6(3-8)9-4;1-4-2-5(8-9-7)6(3-10)11-4;2*1-3-5(8)6(9)4(2-7)10-3;1-4-2-5(8)6(3-7)9-4;4*1-5-2-3-6(4-7)8-5/h3-6,8-9H,2H2,1H3;4-6,8H,2-3H2,1H3;4-6,10H,2-3H2,1H3;2*3-9H,2H2,1H3;4-8H,2-3H2,1H3;2*5-7H,2-4H2,1H3;2*2-3,5-7H,4H2,1H3/t3-,4+,5-,6+;2*4-,5-,6+;3-,4+,5+,6+;3-,4+,5-,6+;4-,5-,6+;4*5-,6-/m0000001010/s1. The zero-order chi connectivity index (χ0) is 69.1. The number of aliphatic hydroxyl groups excluding tert-OH is 16. The van der Waals surface area contributed by atoms with E-state index in [2.05, 4.69) is 10.0 Å². The van der Waals surface area contributed by atoms with Gasteiger partial charge in [-0.3, -0.25) is 0 Å². The number of aliphatic hydroxyl groups is 16. The molecule has 0 aliphatic carbocycles. The Bertz CT molecular complexity index is 1810. The van der Waals surface area contributed by atoms with Crippen molar-refractivity contribution in [3.05, 3.63) is 34.7 Å². The molecule has 10 heterocycles. The second-order valence-corrected chi connectivity index (χ2v) is 23.7. The van der Waals surface area contributed by atoms with E-state index in [0.29, 0.717) is 31.5 Å². The highest BCUT2D eigenvalue weighted by atomic mass is 19.1. The number of azide groups is 1. The molecule has 0 unspecified atom stereocenters. The first-order valence-electron chi connectivity index (χ1n) is 31.5. The van der Waals surface area contributed by atoms with Gasteiger partial charge in [-0.05, 0) is 107 Å². The highest BCUT2D eigenvalue weighted by Gasteiger charge is 2.42. The molecule has 29 atom stereocenters. The molecule has 10 rings (SSSR count). The molecule has 10 aliphatic heterocycles. The van der Waals surface area contributed by atoms with Crippen molar-refractivity contribution in [2.75, 3.05) is 66.1 Å². The number of ether oxygens (including phenoxy) is 10. The molecule has 0 radical (unpaired) electrons. The van der Waals surface area contributed by atoms with E-state index in [9.17, 15) is 8.78 Å². The maximum atomic E-state index is 12.7. The van der Waals surface area contributed by atoms with Gasteiger partial charge in [-0.1, -0.05) is 29.4 Å². The van der Waals surface area contributed by atoms with Gasteiger partial charge in [-0.15, -0.1) is 0 Å². The highest BCUT2D eigenvalue weighted by molar-refractivity contribution is 5.01. The van der Waals surface area contributed by atoms with E-state index in [1.807, 2.05) is 72.8 Å². The lowest BCUT2D eigenvalue weighted by Gasteiger charge is -2.10. The topological polar surface area (TPSA) is 465 Å². The third-order valence-electron chi connectivity index (χ3n) is 15.6. The molecule has 0 saturated carbocycles. The van der Waals surface area contributed by atoms with Crippen LogP contribution in [-0.4, -0.2) is 325 Å². The van der Waals surface area contributed by atoms with Crippen LogP contribution in [0.3, 0.4) is 0 Å². The molecule has 0 aromatic heterocycles. The van der Waals surface area contributed by atoms with Crippen LogP contribution >= 0.6 is 0 Å². The summed E-state index contributed by atoms with van der Waals surface area (Å²) in [7, 11) is 0. The van der Waals surface area contributed by atoms with Crippen LogP contribution in [-0.2, 0) is 47.4 Å². The zero-order valence-corrected chi connectivity index (χ0v) is 54.4. The smallest absolute Gasteiger partial charge is 0.154 e. The van der Waals surface area contributed by atoms with Gasteiger partial charge < -0.3 is 129 Å². The normalized spacial score (nSPS) is 42.0. The molecule has 16 N–H and O–H groups in total. The molecule has 0 amide bonds. The first-order valence-corrected chi connectivity index (χ1v) is 31.5. The van der Waals surface area contributed by atoms with Gasteiger partial charge in [0.25, 0.3) is 0 Å². The van der Waals surface area contributed by atoms with E-state index in [1.165, 1.54) is 6.92 Å². The van der Waals surface area contributed by atoms with Crippen molar-refractivity contribution in [1.82, 2.24) is 0 Å². The zero-order valence-electron chi connectivity index (χ0n) is 54.4. The summed E-state index contributed by atoms with van der Waals surface area (Å²) in [6.45, 7) is 17.8. The van der Waals surface area contributed by atoms with Crippen molar-refractivity contribution in [3.8, 4) is 0 Å². The predicted octanol–water partition coefficient (Wildman–Crippen LogP) is -0.976. The molecule has 8 saturated heterocycles. The van der Waals surface area contributed by atoms with Crippen LogP contribution in [0.4, 0.5) is 8.78 Å². The summed E-state index contributed by atoms with van der Waals surface area (Å²) >= 11 is 0. The number of alkyl halides is 2. The lowest BCUT2D eigenvalue weighted by Crippen LogP contribution is -2.33. The van der Waals surface area contributed by atoms with Crippen LogP contribution < -0.4 is 0 Å². The van der Waals surface area contributed by atoms with Crippen LogP contribution in [0.25, 0.3) is 10.4 Å². The van der Waals surface area contributed by atoms with Gasteiger partial charge in [-0.2, -0.15) is 0 Å². The van der Waals surface area contributed by atoms with Crippen molar-refractivity contribution < 1.29 is 138 Å². The Balaban J connectivity index is 0.000000506. The summed E-state index contributed by atoms with van der Waals surface area (Å²) in [6.07, 6.45) is 2.93. The monoisotopic (exact) mass is 1330 g/mol. The van der Waals surface area contributed by atoms with Gasteiger partial charge in [0.15, 0.2) is 6.17 Å². The Kier molecular flexibility index (Phi) is 45.2. The summed E-state index contributed by atoms with van der Waals surface area (Å²) in [5.74, 6) is 0. The Hall–Kier alpha value is -2.39. The van der Waals surface area contributed by atoms with Crippen molar-refractivity contribution in [1.29, 1.82) is 0 Å². The third kappa shape index (κ3) is 32.5. The summed E-state index contributed by atoms with van der Waals surface area (Å²) in [4.78, 5) is 2.68. The minimum atomic E-state index is -1.36. The molecular weight excluding hydrogens is 1220 g/mol. The summed E-state index contributed by atoms with van der Waals surface area (Å²) in [6, 6.07) is -0.194. The molecule has 31 heteroatoms. The predicted molar refractivity (Wildman–Crippen MR) is 324 cm³/mol. The lowest BCUT2D eigenvalue weighted by atomic mass is 10.1. The average Bonchev–Trinajstić information content (AvgIpc) is 2.63. The van der Waals surface area contributed by atoms with Crippen molar-refractivity contribution in [3.63, 3.8) is 0 Å². The largest absolute Gasteiger partial charge is 0.394 e. The summed E-state index contributed by atoms with van der Waals surface area (Å²) < 4.78 is 76.2. The Labute approximate surface area is 533 Å². The van der Waals surface area contributed by atoms with Gasteiger partial charge >= 0.3 is 0 Å². The van der Waals surface area contributed by atoms with Gasteiger partial charge in [0, 0.05) is 17.8 Å². The van der Waals surface area contributed by atoms with E-state index in [4.69, 9.17) is 135 Å². The van der Waals surface area contributed by atoms with E-state index in [-0.39, 0.29) is 151 Å².